The first-order valence-electron chi connectivity index (χ1n) is 9.01. The Kier molecular flexibility index (Phi) is 9.31. The summed E-state index contributed by atoms with van der Waals surface area (Å²) in [6, 6.07) is 7.38. The summed E-state index contributed by atoms with van der Waals surface area (Å²) >= 11 is 7.75. The zero-order valence-electron chi connectivity index (χ0n) is 16.5. The van der Waals surface area contributed by atoms with Crippen molar-refractivity contribution in [3.8, 4) is 11.4 Å². The molecule has 0 aliphatic carbocycles. The number of guanidine groups is 1. The van der Waals surface area contributed by atoms with E-state index in [0.717, 1.165) is 35.2 Å². The number of aromatic nitrogens is 3. The van der Waals surface area contributed by atoms with Crippen LogP contribution in [-0.4, -0.2) is 41.2 Å². The highest BCUT2D eigenvalue weighted by Crippen LogP contribution is 2.20. The molecule has 0 aliphatic heterocycles. The highest BCUT2D eigenvalue weighted by molar-refractivity contribution is 14.0. The van der Waals surface area contributed by atoms with Gasteiger partial charge in [-0.15, -0.1) is 35.3 Å². The maximum atomic E-state index is 6.01. The van der Waals surface area contributed by atoms with E-state index in [1.807, 2.05) is 31.2 Å². The van der Waals surface area contributed by atoms with Gasteiger partial charge >= 0.3 is 0 Å². The zero-order valence-corrected chi connectivity index (χ0v) is 20.4. The molecular weight excluding hydrogens is 523 g/mol. The van der Waals surface area contributed by atoms with Crippen molar-refractivity contribution >= 4 is 52.9 Å². The smallest absolute Gasteiger partial charge is 0.228 e. The lowest BCUT2D eigenvalue weighted by atomic mass is 10.2. The van der Waals surface area contributed by atoms with Gasteiger partial charge in [-0.05, 0) is 26.0 Å². The molecule has 2 aromatic heterocycles. The summed E-state index contributed by atoms with van der Waals surface area (Å²) < 4.78 is 5.32. The minimum absolute atomic E-state index is 0. The minimum atomic E-state index is 0. The Bertz CT molecular complexity index is 938. The lowest BCUT2D eigenvalue weighted by molar-refractivity contribution is 0.378. The first kappa shape index (κ1) is 23.6. The van der Waals surface area contributed by atoms with E-state index < -0.39 is 0 Å². The molecule has 0 amide bonds. The highest BCUT2D eigenvalue weighted by Gasteiger charge is 2.09. The van der Waals surface area contributed by atoms with Crippen LogP contribution < -0.4 is 10.6 Å². The summed E-state index contributed by atoms with van der Waals surface area (Å²) in [7, 11) is 1.75. The standard InChI is InChI=1S/C19H23ClN6OS.HI/c1-12-13(2)28-17(24-12)8-10-23-19(21-3)22-9-7-16-25-18(26-27-16)14-5-4-6-15(20)11-14;/h4-6,11H,7-10H2,1-3H3,(H2,21,22,23);1H. The maximum absolute atomic E-state index is 6.01. The van der Waals surface area contributed by atoms with Gasteiger partial charge in [-0.1, -0.05) is 28.9 Å². The number of halogens is 2. The third-order valence-electron chi connectivity index (χ3n) is 4.11. The summed E-state index contributed by atoms with van der Waals surface area (Å²) in [6.07, 6.45) is 1.46. The number of benzene rings is 1. The van der Waals surface area contributed by atoms with Crippen LogP contribution in [0.2, 0.25) is 5.02 Å². The van der Waals surface area contributed by atoms with Gasteiger partial charge in [-0.2, -0.15) is 4.98 Å². The van der Waals surface area contributed by atoms with Crippen molar-refractivity contribution in [3.63, 3.8) is 0 Å². The van der Waals surface area contributed by atoms with Crippen molar-refractivity contribution in [3.05, 3.63) is 50.8 Å². The molecule has 3 aromatic rings. The third-order valence-corrected chi connectivity index (χ3v) is 5.48. The summed E-state index contributed by atoms with van der Waals surface area (Å²) in [5.74, 6) is 1.83. The highest BCUT2D eigenvalue weighted by atomic mass is 127. The summed E-state index contributed by atoms with van der Waals surface area (Å²) in [5.41, 5.74) is 1.94. The summed E-state index contributed by atoms with van der Waals surface area (Å²) in [5, 5.41) is 12.3. The van der Waals surface area contributed by atoms with Crippen LogP contribution in [-0.2, 0) is 12.8 Å². The quantitative estimate of drug-likeness (QED) is 0.264. The van der Waals surface area contributed by atoms with E-state index in [2.05, 4.69) is 37.7 Å². The maximum Gasteiger partial charge on any atom is 0.228 e. The number of aryl methyl sites for hydroxylation is 2. The van der Waals surface area contributed by atoms with Gasteiger partial charge in [0.05, 0.1) is 10.7 Å². The Balaban J connectivity index is 0.00000300. The Morgan fingerprint density at radius 3 is 2.59 bits per heavy atom. The number of hydrogen-bond donors (Lipinski definition) is 2. The van der Waals surface area contributed by atoms with Gasteiger partial charge < -0.3 is 15.2 Å². The summed E-state index contributed by atoms with van der Waals surface area (Å²) in [6.45, 7) is 5.54. The van der Waals surface area contributed by atoms with Crippen molar-refractivity contribution in [2.24, 2.45) is 4.99 Å². The molecule has 0 spiro atoms. The molecule has 2 N–H and O–H groups in total. The number of rotatable bonds is 7. The first-order chi connectivity index (χ1) is 13.5. The predicted octanol–water partition coefficient (Wildman–Crippen LogP) is 4.03. The summed E-state index contributed by atoms with van der Waals surface area (Å²) in [4.78, 5) is 14.5. The molecule has 0 bridgehead atoms. The topological polar surface area (TPSA) is 88.2 Å². The van der Waals surface area contributed by atoms with Crippen LogP contribution in [0.4, 0.5) is 0 Å². The number of aliphatic imine (C=N–C) groups is 1. The van der Waals surface area contributed by atoms with Gasteiger partial charge in [-0.3, -0.25) is 4.99 Å². The average molecular weight is 547 g/mol. The van der Waals surface area contributed by atoms with Crippen molar-refractivity contribution < 1.29 is 4.52 Å². The van der Waals surface area contributed by atoms with Gasteiger partial charge in [0.25, 0.3) is 0 Å². The molecule has 29 heavy (non-hydrogen) atoms. The van der Waals surface area contributed by atoms with E-state index in [4.69, 9.17) is 16.1 Å². The second-order valence-electron chi connectivity index (χ2n) is 6.20. The molecule has 0 saturated heterocycles. The third kappa shape index (κ3) is 6.93. The van der Waals surface area contributed by atoms with E-state index in [9.17, 15) is 0 Å². The molecule has 0 saturated carbocycles. The second-order valence-corrected chi connectivity index (χ2v) is 7.92. The Morgan fingerprint density at radius 1 is 1.17 bits per heavy atom. The predicted molar refractivity (Wildman–Crippen MR) is 129 cm³/mol. The molecule has 1 aromatic carbocycles. The van der Waals surface area contributed by atoms with Gasteiger partial charge in [0.1, 0.15) is 0 Å². The molecule has 0 fully saturated rings. The molecule has 10 heteroatoms. The van der Waals surface area contributed by atoms with E-state index in [1.165, 1.54) is 4.88 Å². The largest absolute Gasteiger partial charge is 0.356 e. The Hall–Kier alpha value is -1.72. The fourth-order valence-electron chi connectivity index (χ4n) is 2.54. The average Bonchev–Trinajstić information content (AvgIpc) is 3.27. The van der Waals surface area contributed by atoms with E-state index in [1.54, 1.807) is 18.4 Å². The molecule has 0 aliphatic rings. The van der Waals surface area contributed by atoms with Crippen LogP contribution in [0.5, 0.6) is 0 Å². The molecule has 156 valence electrons. The Labute approximate surface area is 196 Å². The number of nitrogens with one attached hydrogen (secondary N) is 2. The van der Waals surface area contributed by atoms with E-state index >= 15 is 0 Å². The molecule has 0 radical (unpaired) electrons. The molecule has 0 unspecified atom stereocenters. The fraction of sp³-hybridized carbons (Fsp3) is 0.368. The number of nitrogens with zero attached hydrogens (tertiary/aromatic N) is 4. The molecule has 2 heterocycles. The normalized spacial score (nSPS) is 11.2. The van der Waals surface area contributed by atoms with Crippen LogP contribution in [0.1, 0.15) is 21.5 Å². The first-order valence-corrected chi connectivity index (χ1v) is 10.2. The van der Waals surface area contributed by atoms with Crippen molar-refractivity contribution in [2.75, 3.05) is 20.1 Å². The van der Waals surface area contributed by atoms with Crippen LogP contribution in [0.25, 0.3) is 11.4 Å². The van der Waals surface area contributed by atoms with E-state index in [-0.39, 0.29) is 24.0 Å². The van der Waals surface area contributed by atoms with Crippen molar-refractivity contribution in [1.29, 1.82) is 0 Å². The second kappa shape index (κ2) is 11.5. The molecule has 3 rings (SSSR count). The molecule has 0 atom stereocenters. The van der Waals surface area contributed by atoms with E-state index in [0.29, 0.717) is 29.7 Å². The zero-order chi connectivity index (χ0) is 19.9. The van der Waals surface area contributed by atoms with Gasteiger partial charge in [0.15, 0.2) is 5.96 Å². The van der Waals surface area contributed by atoms with Crippen molar-refractivity contribution in [1.82, 2.24) is 25.8 Å². The monoisotopic (exact) mass is 546 g/mol. The lowest BCUT2D eigenvalue weighted by Gasteiger charge is -2.10. The number of thiazole rings is 1. The van der Waals surface area contributed by atoms with Crippen LogP contribution >= 0.6 is 46.9 Å². The Morgan fingerprint density at radius 2 is 1.93 bits per heavy atom. The van der Waals surface area contributed by atoms with Gasteiger partial charge in [0.2, 0.25) is 11.7 Å². The fourth-order valence-corrected chi connectivity index (χ4v) is 3.67. The SMILES string of the molecule is CN=C(NCCc1nc(-c2cccc(Cl)c2)no1)NCCc1nc(C)c(C)s1.I. The van der Waals surface area contributed by atoms with Gasteiger partial charge in [0, 0.05) is 48.4 Å². The van der Waals surface area contributed by atoms with Crippen LogP contribution in [0, 0.1) is 13.8 Å². The van der Waals surface area contributed by atoms with Crippen LogP contribution in [0.3, 0.4) is 0 Å². The lowest BCUT2D eigenvalue weighted by Crippen LogP contribution is -2.39. The number of hydrogen-bond acceptors (Lipinski definition) is 6. The molecule has 7 nitrogen and oxygen atoms in total. The van der Waals surface area contributed by atoms with Gasteiger partial charge in [-0.25, -0.2) is 4.98 Å². The minimum Gasteiger partial charge on any atom is -0.356 e. The van der Waals surface area contributed by atoms with Crippen molar-refractivity contribution in [2.45, 2.75) is 26.7 Å². The van der Waals surface area contributed by atoms with Crippen LogP contribution in [0.15, 0.2) is 33.8 Å². The molecular formula is C19H24ClIN6OS.